The van der Waals surface area contributed by atoms with E-state index >= 15 is 0 Å². The van der Waals surface area contributed by atoms with E-state index in [1.165, 1.54) is 6.92 Å². The quantitative estimate of drug-likeness (QED) is 0.767. The first-order valence-electron chi connectivity index (χ1n) is 7.43. The van der Waals surface area contributed by atoms with Gasteiger partial charge in [0.2, 0.25) is 11.6 Å². The number of halogens is 3. The summed E-state index contributed by atoms with van der Waals surface area (Å²) in [6.45, 7) is 4.59. The fourth-order valence-corrected chi connectivity index (χ4v) is 2.11. The molecule has 142 valence electrons. The van der Waals surface area contributed by atoms with Crippen LogP contribution in [0.5, 0.6) is 0 Å². The second-order valence-electron chi connectivity index (χ2n) is 5.85. The molecule has 0 fully saturated rings. The molecule has 0 aliphatic carbocycles. The van der Waals surface area contributed by atoms with Crippen molar-refractivity contribution < 1.29 is 27.9 Å². The zero-order chi connectivity index (χ0) is 19.6. The minimum atomic E-state index is -4.71. The van der Waals surface area contributed by atoms with Crippen LogP contribution >= 0.6 is 0 Å². The molecule has 26 heavy (non-hydrogen) atoms. The van der Waals surface area contributed by atoms with E-state index in [1.807, 2.05) is 0 Å². The van der Waals surface area contributed by atoms with E-state index in [0.717, 1.165) is 9.58 Å². The standard InChI is InChI=1S/C13H16F3N7O3/c1-6(2)4-22(5-8(24)25)10(26)9-17-7(3)23(21-9)12-18-11(19-20-12)13(14,15)16/h6H,4-5H2,1-3H3,(H,24,25)(H,18,19,20). The number of carboxylic acid groups (broad SMARTS) is 1. The van der Waals surface area contributed by atoms with E-state index in [1.54, 1.807) is 18.9 Å². The number of carboxylic acids is 1. The van der Waals surface area contributed by atoms with Gasteiger partial charge in [-0.3, -0.25) is 14.7 Å². The van der Waals surface area contributed by atoms with Crippen LogP contribution in [-0.2, 0) is 11.0 Å². The summed E-state index contributed by atoms with van der Waals surface area (Å²) in [5, 5.41) is 17.9. The number of aromatic amines is 1. The molecule has 0 spiro atoms. The predicted octanol–water partition coefficient (Wildman–Crippen LogP) is 0.895. The third-order valence-corrected chi connectivity index (χ3v) is 3.09. The monoisotopic (exact) mass is 375 g/mol. The fourth-order valence-electron chi connectivity index (χ4n) is 2.11. The number of nitrogens with zero attached hydrogens (tertiary/aromatic N) is 6. The topological polar surface area (TPSA) is 130 Å². The lowest BCUT2D eigenvalue weighted by Gasteiger charge is -2.21. The lowest BCUT2D eigenvalue weighted by molar-refractivity contribution is -0.144. The van der Waals surface area contributed by atoms with E-state index in [9.17, 15) is 22.8 Å². The molecule has 0 aromatic carbocycles. The number of rotatable bonds is 6. The number of carbonyl (C=O) groups is 2. The van der Waals surface area contributed by atoms with Gasteiger partial charge in [0.25, 0.3) is 11.9 Å². The van der Waals surface area contributed by atoms with Crippen molar-refractivity contribution in [3.8, 4) is 5.95 Å². The van der Waals surface area contributed by atoms with Gasteiger partial charge < -0.3 is 10.0 Å². The number of H-pyrrole nitrogens is 1. The van der Waals surface area contributed by atoms with Crippen LogP contribution in [0.25, 0.3) is 5.95 Å². The largest absolute Gasteiger partial charge is 0.480 e. The van der Waals surface area contributed by atoms with Crippen molar-refractivity contribution in [1.82, 2.24) is 34.8 Å². The van der Waals surface area contributed by atoms with Gasteiger partial charge >= 0.3 is 12.1 Å². The molecule has 0 saturated carbocycles. The number of alkyl halides is 3. The number of aliphatic carboxylic acids is 1. The number of nitrogens with one attached hydrogen (secondary N) is 1. The summed E-state index contributed by atoms with van der Waals surface area (Å²) in [6.07, 6.45) is -4.71. The Morgan fingerprint density at radius 2 is 1.96 bits per heavy atom. The molecule has 2 aromatic heterocycles. The highest BCUT2D eigenvalue weighted by atomic mass is 19.4. The van der Waals surface area contributed by atoms with Crippen LogP contribution in [0.2, 0.25) is 0 Å². The summed E-state index contributed by atoms with van der Waals surface area (Å²) in [7, 11) is 0. The number of carbonyl (C=O) groups excluding carboxylic acids is 1. The maximum absolute atomic E-state index is 12.6. The Labute approximate surface area is 145 Å². The molecule has 0 saturated heterocycles. The van der Waals surface area contributed by atoms with Gasteiger partial charge in [0.15, 0.2) is 0 Å². The molecular weight excluding hydrogens is 359 g/mol. The lowest BCUT2D eigenvalue weighted by atomic mass is 10.2. The Morgan fingerprint density at radius 3 is 2.46 bits per heavy atom. The highest BCUT2D eigenvalue weighted by Crippen LogP contribution is 2.26. The number of aryl methyl sites for hydroxylation is 1. The van der Waals surface area contributed by atoms with Gasteiger partial charge in [-0.25, -0.2) is 4.98 Å². The molecule has 0 atom stereocenters. The van der Waals surface area contributed by atoms with Crippen molar-refractivity contribution in [2.75, 3.05) is 13.1 Å². The number of hydrogen-bond donors (Lipinski definition) is 2. The highest BCUT2D eigenvalue weighted by Gasteiger charge is 2.36. The van der Waals surface area contributed by atoms with E-state index in [2.05, 4.69) is 20.2 Å². The van der Waals surface area contributed by atoms with Crippen LogP contribution in [0.4, 0.5) is 13.2 Å². The molecule has 1 amide bonds. The first-order chi connectivity index (χ1) is 12.0. The molecule has 0 aliphatic heterocycles. The van der Waals surface area contributed by atoms with Gasteiger partial charge in [0, 0.05) is 6.54 Å². The smallest absolute Gasteiger partial charge is 0.451 e. The molecule has 10 nitrogen and oxygen atoms in total. The van der Waals surface area contributed by atoms with Gasteiger partial charge in [0.1, 0.15) is 12.4 Å². The van der Waals surface area contributed by atoms with Crippen molar-refractivity contribution in [2.24, 2.45) is 5.92 Å². The van der Waals surface area contributed by atoms with Gasteiger partial charge in [-0.1, -0.05) is 13.8 Å². The maximum Gasteiger partial charge on any atom is 0.451 e. The third-order valence-electron chi connectivity index (χ3n) is 3.09. The van der Waals surface area contributed by atoms with Crippen LogP contribution in [0.15, 0.2) is 0 Å². The Hall–Kier alpha value is -2.99. The van der Waals surface area contributed by atoms with Gasteiger partial charge in [-0.2, -0.15) is 22.8 Å². The van der Waals surface area contributed by atoms with Crippen molar-refractivity contribution in [1.29, 1.82) is 0 Å². The molecule has 2 aromatic rings. The van der Waals surface area contributed by atoms with Crippen molar-refractivity contribution >= 4 is 11.9 Å². The molecule has 13 heteroatoms. The summed E-state index contributed by atoms with van der Waals surface area (Å²) in [4.78, 5) is 31.6. The Kier molecular flexibility index (Phi) is 5.28. The van der Waals surface area contributed by atoms with E-state index < -0.39 is 36.4 Å². The predicted molar refractivity (Wildman–Crippen MR) is 79.4 cm³/mol. The van der Waals surface area contributed by atoms with Crippen LogP contribution in [-0.4, -0.2) is 64.9 Å². The maximum atomic E-state index is 12.6. The van der Waals surface area contributed by atoms with E-state index in [-0.39, 0.29) is 24.1 Å². The summed E-state index contributed by atoms with van der Waals surface area (Å²) in [5.74, 6) is -4.02. The minimum Gasteiger partial charge on any atom is -0.480 e. The van der Waals surface area contributed by atoms with Crippen LogP contribution in [0.3, 0.4) is 0 Å². The van der Waals surface area contributed by atoms with Crippen molar-refractivity contribution in [3.63, 3.8) is 0 Å². The normalized spacial score (nSPS) is 11.8. The minimum absolute atomic E-state index is 0.0103. The van der Waals surface area contributed by atoms with Crippen LogP contribution in [0, 0.1) is 12.8 Å². The Bertz CT molecular complexity index is 812. The van der Waals surface area contributed by atoms with Gasteiger partial charge in [-0.15, -0.1) is 10.2 Å². The molecule has 2 rings (SSSR count). The Balaban J connectivity index is 2.32. The molecular formula is C13H16F3N7O3. The summed E-state index contributed by atoms with van der Waals surface area (Å²) in [6, 6.07) is 0. The van der Waals surface area contributed by atoms with E-state index in [0.29, 0.717) is 0 Å². The fraction of sp³-hybridized carbons (Fsp3) is 0.538. The van der Waals surface area contributed by atoms with Gasteiger partial charge in [-0.05, 0) is 12.8 Å². The Morgan fingerprint density at radius 1 is 1.31 bits per heavy atom. The first-order valence-corrected chi connectivity index (χ1v) is 7.43. The number of hydrogen-bond acceptors (Lipinski definition) is 6. The molecule has 0 radical (unpaired) electrons. The molecule has 0 bridgehead atoms. The molecule has 0 unspecified atom stereocenters. The zero-order valence-electron chi connectivity index (χ0n) is 14.1. The highest BCUT2D eigenvalue weighted by molar-refractivity contribution is 5.92. The summed E-state index contributed by atoms with van der Waals surface area (Å²) < 4.78 is 38.7. The summed E-state index contributed by atoms with van der Waals surface area (Å²) in [5.41, 5.74) is 0. The second-order valence-corrected chi connectivity index (χ2v) is 5.85. The number of aromatic nitrogens is 6. The molecule has 2 heterocycles. The SMILES string of the molecule is Cc1nc(C(=O)N(CC(=O)O)CC(C)C)nn1-c1n[nH]c(C(F)(F)F)n1. The zero-order valence-corrected chi connectivity index (χ0v) is 14.1. The lowest BCUT2D eigenvalue weighted by Crippen LogP contribution is -2.38. The van der Waals surface area contributed by atoms with Crippen LogP contribution in [0.1, 0.15) is 36.1 Å². The molecule has 2 N–H and O–H groups in total. The number of amides is 1. The average molecular weight is 375 g/mol. The average Bonchev–Trinajstić information content (AvgIpc) is 3.10. The second kappa shape index (κ2) is 7.09. The van der Waals surface area contributed by atoms with Gasteiger partial charge in [0.05, 0.1) is 0 Å². The first kappa shape index (κ1) is 19.3. The third kappa shape index (κ3) is 4.34. The van der Waals surface area contributed by atoms with Crippen LogP contribution < -0.4 is 0 Å². The van der Waals surface area contributed by atoms with Crippen molar-refractivity contribution in [3.05, 3.63) is 17.5 Å². The van der Waals surface area contributed by atoms with E-state index in [4.69, 9.17) is 5.11 Å². The van der Waals surface area contributed by atoms with Crippen molar-refractivity contribution in [2.45, 2.75) is 26.9 Å². The summed E-state index contributed by atoms with van der Waals surface area (Å²) >= 11 is 0. The molecule has 0 aliphatic rings.